The number of nitrogens with zero attached hydrogens (tertiary/aromatic N) is 1. The second-order valence-electron chi connectivity index (χ2n) is 7.00. The zero-order chi connectivity index (χ0) is 20.4. The lowest BCUT2D eigenvalue weighted by Gasteiger charge is -2.17. The summed E-state index contributed by atoms with van der Waals surface area (Å²) in [5.74, 6) is -3.60. The summed E-state index contributed by atoms with van der Waals surface area (Å²) in [7, 11) is 0. The Morgan fingerprint density at radius 1 is 1.21 bits per heavy atom. The number of halogens is 1. The number of carbonyl (C=O) groups is 4. The molecule has 3 rings (SSSR count). The molecule has 8 heteroatoms. The molecule has 0 saturated carbocycles. The molecule has 0 spiro atoms. The molecule has 1 aromatic carbocycles. The Hall–Kier alpha value is -3.03. The lowest BCUT2D eigenvalue weighted by molar-refractivity contribution is -0.158. The number of anilines is 1. The van der Waals surface area contributed by atoms with E-state index in [0.29, 0.717) is 18.4 Å². The normalized spacial score (nSPS) is 22.0. The number of esters is 1. The van der Waals surface area contributed by atoms with E-state index in [1.54, 1.807) is 6.92 Å². The van der Waals surface area contributed by atoms with Crippen LogP contribution in [0.4, 0.5) is 10.1 Å². The first kappa shape index (κ1) is 19.7. The van der Waals surface area contributed by atoms with Crippen molar-refractivity contribution in [2.75, 3.05) is 11.9 Å². The third-order valence-corrected chi connectivity index (χ3v) is 5.00. The van der Waals surface area contributed by atoms with E-state index in [1.165, 1.54) is 25.1 Å². The van der Waals surface area contributed by atoms with Gasteiger partial charge in [-0.2, -0.15) is 0 Å². The molecule has 1 aliphatic heterocycles. The summed E-state index contributed by atoms with van der Waals surface area (Å²) in [5.41, 5.74) is 0.672. The van der Waals surface area contributed by atoms with Crippen molar-refractivity contribution in [2.45, 2.75) is 32.8 Å². The maximum absolute atomic E-state index is 13.6. The highest BCUT2D eigenvalue weighted by Crippen LogP contribution is 2.34. The lowest BCUT2D eigenvalue weighted by Crippen LogP contribution is -2.39. The van der Waals surface area contributed by atoms with Crippen molar-refractivity contribution in [1.29, 1.82) is 0 Å². The molecule has 1 fully saturated rings. The van der Waals surface area contributed by atoms with Gasteiger partial charge >= 0.3 is 5.97 Å². The predicted octanol–water partition coefficient (Wildman–Crippen LogP) is 1.96. The molecule has 0 unspecified atom stereocenters. The van der Waals surface area contributed by atoms with Crippen molar-refractivity contribution < 1.29 is 28.3 Å². The maximum Gasteiger partial charge on any atom is 0.326 e. The number of imide groups is 1. The number of rotatable bonds is 5. The number of nitrogens with one attached hydrogen (secondary N) is 1. The highest BCUT2D eigenvalue weighted by atomic mass is 19.1. The molecule has 7 nitrogen and oxygen atoms in total. The van der Waals surface area contributed by atoms with Gasteiger partial charge in [0.1, 0.15) is 12.4 Å². The first-order valence-electron chi connectivity index (χ1n) is 9.04. The molecule has 2 aliphatic rings. The Balaban J connectivity index is 1.55. The van der Waals surface area contributed by atoms with E-state index in [2.05, 4.69) is 5.32 Å². The number of hydrogen-bond donors (Lipinski definition) is 1. The summed E-state index contributed by atoms with van der Waals surface area (Å²) in [6, 6.07) is 4.21. The van der Waals surface area contributed by atoms with E-state index in [-0.39, 0.29) is 17.5 Å². The van der Waals surface area contributed by atoms with Crippen LogP contribution in [0.15, 0.2) is 30.4 Å². The molecule has 28 heavy (non-hydrogen) atoms. The van der Waals surface area contributed by atoms with E-state index in [4.69, 9.17) is 4.74 Å². The quantitative estimate of drug-likeness (QED) is 0.473. The summed E-state index contributed by atoms with van der Waals surface area (Å²) in [4.78, 5) is 49.9. The molecule has 0 bridgehead atoms. The minimum absolute atomic E-state index is 0.234. The summed E-state index contributed by atoms with van der Waals surface area (Å²) in [5, 5.41) is 2.46. The topological polar surface area (TPSA) is 92.8 Å². The van der Waals surface area contributed by atoms with Crippen molar-refractivity contribution in [1.82, 2.24) is 4.90 Å². The first-order valence-corrected chi connectivity index (χ1v) is 9.04. The molecule has 1 saturated heterocycles. The van der Waals surface area contributed by atoms with Crippen LogP contribution in [0.2, 0.25) is 0 Å². The number of ether oxygens (including phenoxy) is 1. The van der Waals surface area contributed by atoms with Crippen molar-refractivity contribution in [2.24, 2.45) is 11.8 Å². The van der Waals surface area contributed by atoms with Gasteiger partial charge in [0.25, 0.3) is 5.91 Å². The standard InChI is InChI=1S/C20H21FN2O5/c1-11-7-8-13(9-16(11)21)22-18(25)12(2)28-17(24)10-23-19(26)14-5-3-4-6-15(14)20(23)27/h3-4,7-9,12,14-15H,5-6,10H2,1-2H3,(H,22,25)/t12-,14+,15+/m1/s1. The Morgan fingerprint density at radius 3 is 2.39 bits per heavy atom. The van der Waals surface area contributed by atoms with Gasteiger partial charge in [-0.15, -0.1) is 0 Å². The van der Waals surface area contributed by atoms with E-state index < -0.39 is 42.2 Å². The van der Waals surface area contributed by atoms with Gasteiger partial charge in [-0.1, -0.05) is 18.2 Å². The van der Waals surface area contributed by atoms with Crippen LogP contribution in [0.1, 0.15) is 25.3 Å². The first-order chi connectivity index (χ1) is 13.3. The molecule has 0 aromatic heterocycles. The second-order valence-corrected chi connectivity index (χ2v) is 7.00. The number of hydrogen-bond acceptors (Lipinski definition) is 5. The van der Waals surface area contributed by atoms with E-state index in [1.807, 2.05) is 12.2 Å². The average Bonchev–Trinajstić information content (AvgIpc) is 2.90. The molecule has 1 heterocycles. The van der Waals surface area contributed by atoms with Crippen LogP contribution in [0.25, 0.3) is 0 Å². The van der Waals surface area contributed by atoms with Gasteiger partial charge in [0.2, 0.25) is 11.8 Å². The summed E-state index contributed by atoms with van der Waals surface area (Å²) in [6.07, 6.45) is 3.50. The number of aryl methyl sites for hydroxylation is 1. The SMILES string of the molecule is Cc1ccc(NC(=O)[C@@H](C)OC(=O)CN2C(=O)[C@H]3CC=CC[C@@H]3C2=O)cc1F. The number of allylic oxidation sites excluding steroid dienone is 2. The van der Waals surface area contributed by atoms with Gasteiger partial charge in [-0.3, -0.25) is 24.1 Å². The van der Waals surface area contributed by atoms with Gasteiger partial charge in [-0.05, 0) is 44.4 Å². The Bertz CT molecular complexity index is 840. The Labute approximate surface area is 161 Å². The van der Waals surface area contributed by atoms with Crippen LogP contribution >= 0.6 is 0 Å². The van der Waals surface area contributed by atoms with Crippen LogP contribution < -0.4 is 5.32 Å². The minimum Gasteiger partial charge on any atom is -0.451 e. The monoisotopic (exact) mass is 388 g/mol. The highest BCUT2D eigenvalue weighted by Gasteiger charge is 2.47. The number of fused-ring (bicyclic) bond motifs is 1. The Morgan fingerprint density at radius 2 is 1.82 bits per heavy atom. The number of likely N-dealkylation sites (tertiary alicyclic amines) is 1. The van der Waals surface area contributed by atoms with Gasteiger partial charge in [-0.25, -0.2) is 4.39 Å². The van der Waals surface area contributed by atoms with Crippen LogP contribution in [0.5, 0.6) is 0 Å². The largest absolute Gasteiger partial charge is 0.451 e. The summed E-state index contributed by atoms with van der Waals surface area (Å²) in [6.45, 7) is 2.43. The molecule has 1 aliphatic carbocycles. The fourth-order valence-corrected chi connectivity index (χ4v) is 3.36. The molecular weight excluding hydrogens is 367 g/mol. The van der Waals surface area contributed by atoms with Crippen molar-refractivity contribution in [3.8, 4) is 0 Å². The van der Waals surface area contributed by atoms with Crippen molar-refractivity contribution >= 4 is 29.4 Å². The molecule has 3 atom stereocenters. The number of amides is 3. The van der Waals surface area contributed by atoms with Crippen LogP contribution in [-0.2, 0) is 23.9 Å². The number of benzene rings is 1. The molecule has 148 valence electrons. The van der Waals surface area contributed by atoms with E-state index >= 15 is 0 Å². The minimum atomic E-state index is -1.17. The summed E-state index contributed by atoms with van der Waals surface area (Å²) >= 11 is 0. The van der Waals surface area contributed by atoms with Gasteiger partial charge < -0.3 is 10.1 Å². The van der Waals surface area contributed by atoms with Gasteiger partial charge in [0.15, 0.2) is 6.10 Å². The molecule has 3 amide bonds. The van der Waals surface area contributed by atoms with Gasteiger partial charge in [0.05, 0.1) is 11.8 Å². The van der Waals surface area contributed by atoms with E-state index in [9.17, 15) is 23.6 Å². The Kier molecular flexibility index (Phi) is 5.58. The van der Waals surface area contributed by atoms with Crippen LogP contribution in [0, 0.1) is 24.6 Å². The van der Waals surface area contributed by atoms with Crippen molar-refractivity contribution in [3.05, 3.63) is 41.7 Å². The number of carbonyl (C=O) groups excluding carboxylic acids is 4. The molecule has 0 radical (unpaired) electrons. The third kappa shape index (κ3) is 3.95. The maximum atomic E-state index is 13.6. The van der Waals surface area contributed by atoms with E-state index in [0.717, 1.165) is 4.90 Å². The molecule has 1 aromatic rings. The van der Waals surface area contributed by atoms with Crippen LogP contribution in [0.3, 0.4) is 0 Å². The van der Waals surface area contributed by atoms with Crippen LogP contribution in [-0.4, -0.2) is 41.2 Å². The molecule has 1 N–H and O–H groups in total. The zero-order valence-corrected chi connectivity index (χ0v) is 15.6. The average molecular weight is 388 g/mol. The smallest absolute Gasteiger partial charge is 0.326 e. The van der Waals surface area contributed by atoms with Crippen molar-refractivity contribution in [3.63, 3.8) is 0 Å². The fraction of sp³-hybridized carbons (Fsp3) is 0.400. The zero-order valence-electron chi connectivity index (χ0n) is 15.6. The third-order valence-electron chi connectivity index (χ3n) is 5.00. The molecular formula is C20H21FN2O5. The predicted molar refractivity (Wildman–Crippen MR) is 97.4 cm³/mol. The highest BCUT2D eigenvalue weighted by molar-refractivity contribution is 6.07. The fourth-order valence-electron chi connectivity index (χ4n) is 3.36. The lowest BCUT2D eigenvalue weighted by atomic mass is 9.85. The second kappa shape index (κ2) is 7.92. The summed E-state index contributed by atoms with van der Waals surface area (Å²) < 4.78 is 18.6. The van der Waals surface area contributed by atoms with Gasteiger partial charge in [0, 0.05) is 5.69 Å².